The quantitative estimate of drug-likeness (QED) is 0.526. The van der Waals surface area contributed by atoms with Crippen molar-refractivity contribution in [2.24, 2.45) is 4.99 Å². The van der Waals surface area contributed by atoms with Gasteiger partial charge in [-0.25, -0.2) is 0 Å². The van der Waals surface area contributed by atoms with Gasteiger partial charge in [-0.15, -0.1) is 0 Å². The summed E-state index contributed by atoms with van der Waals surface area (Å²) in [7, 11) is 1.62. The second kappa shape index (κ2) is 9.82. The third-order valence-corrected chi connectivity index (χ3v) is 4.28. The minimum atomic E-state index is -0.662. The van der Waals surface area contributed by atoms with Gasteiger partial charge < -0.3 is 20.5 Å². The molecule has 0 bridgehead atoms. The van der Waals surface area contributed by atoms with Gasteiger partial charge in [-0.2, -0.15) is 0 Å². The van der Waals surface area contributed by atoms with Crippen LogP contribution in [-0.4, -0.2) is 31.3 Å². The van der Waals surface area contributed by atoms with Gasteiger partial charge in [-0.05, 0) is 49.6 Å². The van der Waals surface area contributed by atoms with Crippen molar-refractivity contribution < 1.29 is 9.84 Å². The Balaban J connectivity index is 2.04. The lowest BCUT2D eigenvalue weighted by molar-refractivity contribution is 0.187. The topological polar surface area (TPSA) is 65.9 Å². The Kier molecular flexibility index (Phi) is 7.48. The van der Waals surface area contributed by atoms with E-state index in [1.54, 1.807) is 7.11 Å². The van der Waals surface area contributed by atoms with Gasteiger partial charge in [0.2, 0.25) is 0 Å². The van der Waals surface area contributed by atoms with Crippen LogP contribution in [0.25, 0.3) is 0 Å². The summed E-state index contributed by atoms with van der Waals surface area (Å²) in [5, 5.41) is 17.0. The summed E-state index contributed by atoms with van der Waals surface area (Å²) in [6, 6.07) is 15.8. The van der Waals surface area contributed by atoms with Crippen molar-refractivity contribution in [3.05, 3.63) is 65.2 Å². The molecule has 2 aromatic carbocycles. The molecule has 3 N–H and O–H groups in total. The number of benzene rings is 2. The summed E-state index contributed by atoms with van der Waals surface area (Å²) in [5.74, 6) is 1.46. The summed E-state index contributed by atoms with van der Waals surface area (Å²) >= 11 is 0. The molecular formula is C21H29N3O2. The van der Waals surface area contributed by atoms with Crippen LogP contribution in [0.1, 0.15) is 42.7 Å². The van der Waals surface area contributed by atoms with E-state index >= 15 is 0 Å². The number of ether oxygens (including phenoxy) is 1. The van der Waals surface area contributed by atoms with Crippen LogP contribution in [0.4, 0.5) is 0 Å². The van der Waals surface area contributed by atoms with Gasteiger partial charge in [-0.1, -0.05) is 36.4 Å². The number of aryl methyl sites for hydroxylation is 1. The normalized spacial score (nSPS) is 13.8. The van der Waals surface area contributed by atoms with Gasteiger partial charge in [0.15, 0.2) is 5.96 Å². The van der Waals surface area contributed by atoms with Crippen LogP contribution in [-0.2, 0) is 0 Å². The van der Waals surface area contributed by atoms with E-state index in [0.717, 1.165) is 17.9 Å². The molecule has 0 fully saturated rings. The van der Waals surface area contributed by atoms with Crippen molar-refractivity contribution in [1.82, 2.24) is 10.6 Å². The van der Waals surface area contributed by atoms with E-state index in [9.17, 15) is 5.11 Å². The Morgan fingerprint density at radius 3 is 2.46 bits per heavy atom. The Labute approximate surface area is 156 Å². The standard InChI is InChI=1S/C21H29N3O2/c1-5-22-21(24-16(3)19-9-7-6-8-15(19)2)23-14-20(25)17-10-12-18(26-4)13-11-17/h6-13,16,20,25H,5,14H2,1-4H3,(H2,22,23,24). The molecule has 5 nitrogen and oxygen atoms in total. The summed E-state index contributed by atoms with van der Waals surface area (Å²) in [5.41, 5.74) is 3.28. The summed E-state index contributed by atoms with van der Waals surface area (Å²) in [6.07, 6.45) is -0.662. The maximum atomic E-state index is 10.4. The maximum Gasteiger partial charge on any atom is 0.191 e. The molecule has 2 atom stereocenters. The number of methoxy groups -OCH3 is 1. The van der Waals surface area contributed by atoms with Crippen LogP contribution in [0.5, 0.6) is 5.75 Å². The van der Waals surface area contributed by atoms with Crippen LogP contribution in [0.2, 0.25) is 0 Å². The van der Waals surface area contributed by atoms with E-state index in [0.29, 0.717) is 5.96 Å². The van der Waals surface area contributed by atoms with Crippen molar-refractivity contribution in [2.45, 2.75) is 32.9 Å². The number of aliphatic imine (C=N–C) groups is 1. The molecule has 0 spiro atoms. The molecule has 5 heteroatoms. The highest BCUT2D eigenvalue weighted by Gasteiger charge is 2.11. The number of nitrogens with one attached hydrogen (secondary N) is 2. The zero-order valence-corrected chi connectivity index (χ0v) is 16.0. The molecule has 0 saturated carbocycles. The molecule has 0 saturated heterocycles. The molecule has 0 radical (unpaired) electrons. The molecule has 2 aromatic rings. The first kappa shape index (κ1) is 19.8. The minimum Gasteiger partial charge on any atom is -0.497 e. The van der Waals surface area contributed by atoms with Crippen LogP contribution < -0.4 is 15.4 Å². The van der Waals surface area contributed by atoms with E-state index in [1.807, 2.05) is 43.3 Å². The van der Waals surface area contributed by atoms with Crippen LogP contribution in [0, 0.1) is 6.92 Å². The van der Waals surface area contributed by atoms with Crippen molar-refractivity contribution >= 4 is 5.96 Å². The number of hydrogen-bond acceptors (Lipinski definition) is 3. The fourth-order valence-electron chi connectivity index (χ4n) is 2.78. The van der Waals surface area contributed by atoms with Crippen molar-refractivity contribution in [2.75, 3.05) is 20.2 Å². The molecule has 0 aliphatic carbocycles. The first-order valence-electron chi connectivity index (χ1n) is 8.97. The highest BCUT2D eigenvalue weighted by Crippen LogP contribution is 2.18. The molecule has 140 valence electrons. The number of guanidine groups is 1. The maximum absolute atomic E-state index is 10.4. The van der Waals surface area contributed by atoms with E-state index in [-0.39, 0.29) is 12.6 Å². The number of rotatable bonds is 7. The summed E-state index contributed by atoms with van der Waals surface area (Å²) in [4.78, 5) is 4.54. The zero-order chi connectivity index (χ0) is 18.9. The zero-order valence-electron chi connectivity index (χ0n) is 16.0. The number of nitrogens with zero attached hydrogens (tertiary/aromatic N) is 1. The van der Waals surface area contributed by atoms with Crippen LogP contribution in [0.3, 0.4) is 0 Å². The van der Waals surface area contributed by atoms with Gasteiger partial charge >= 0.3 is 0 Å². The second-order valence-corrected chi connectivity index (χ2v) is 6.23. The average Bonchev–Trinajstić information content (AvgIpc) is 2.66. The van der Waals surface area contributed by atoms with Gasteiger partial charge in [-0.3, -0.25) is 4.99 Å². The van der Waals surface area contributed by atoms with Crippen LogP contribution >= 0.6 is 0 Å². The van der Waals surface area contributed by atoms with Crippen molar-refractivity contribution in [1.29, 1.82) is 0 Å². The lowest BCUT2D eigenvalue weighted by Gasteiger charge is -2.20. The smallest absolute Gasteiger partial charge is 0.191 e. The Hall–Kier alpha value is -2.53. The third-order valence-electron chi connectivity index (χ3n) is 4.28. The molecule has 0 amide bonds. The van der Waals surface area contributed by atoms with Crippen molar-refractivity contribution in [3.63, 3.8) is 0 Å². The highest BCUT2D eigenvalue weighted by molar-refractivity contribution is 5.80. The third kappa shape index (κ3) is 5.49. The lowest BCUT2D eigenvalue weighted by atomic mass is 10.0. The Morgan fingerprint density at radius 1 is 1.15 bits per heavy atom. The fourth-order valence-corrected chi connectivity index (χ4v) is 2.78. The summed E-state index contributed by atoms with van der Waals surface area (Å²) < 4.78 is 5.15. The Morgan fingerprint density at radius 2 is 1.85 bits per heavy atom. The lowest BCUT2D eigenvalue weighted by Crippen LogP contribution is -2.39. The van der Waals surface area contributed by atoms with Gasteiger partial charge in [0.25, 0.3) is 0 Å². The van der Waals surface area contributed by atoms with Gasteiger partial charge in [0.05, 0.1) is 25.8 Å². The molecule has 0 heterocycles. The molecule has 26 heavy (non-hydrogen) atoms. The molecule has 0 aliphatic heterocycles. The SMILES string of the molecule is CCNC(=NCC(O)c1ccc(OC)cc1)NC(C)c1ccccc1C. The van der Waals surface area contributed by atoms with Crippen LogP contribution in [0.15, 0.2) is 53.5 Å². The first-order valence-corrected chi connectivity index (χ1v) is 8.97. The van der Waals surface area contributed by atoms with E-state index in [1.165, 1.54) is 11.1 Å². The molecule has 2 rings (SSSR count). The predicted octanol–water partition coefficient (Wildman–Crippen LogP) is 3.35. The number of aliphatic hydroxyl groups excluding tert-OH is 1. The highest BCUT2D eigenvalue weighted by atomic mass is 16.5. The molecule has 2 unspecified atom stereocenters. The Bertz CT molecular complexity index is 713. The molecule has 0 aromatic heterocycles. The van der Waals surface area contributed by atoms with E-state index < -0.39 is 6.10 Å². The monoisotopic (exact) mass is 355 g/mol. The first-order chi connectivity index (χ1) is 12.5. The van der Waals surface area contributed by atoms with E-state index in [2.05, 4.69) is 41.6 Å². The van der Waals surface area contributed by atoms with Gasteiger partial charge in [0.1, 0.15) is 5.75 Å². The fraction of sp³-hybridized carbons (Fsp3) is 0.381. The number of aliphatic hydroxyl groups is 1. The number of hydrogen-bond donors (Lipinski definition) is 3. The average molecular weight is 355 g/mol. The summed E-state index contributed by atoms with van der Waals surface area (Å²) in [6.45, 7) is 7.27. The predicted molar refractivity (Wildman–Crippen MR) is 107 cm³/mol. The van der Waals surface area contributed by atoms with E-state index in [4.69, 9.17) is 4.74 Å². The largest absolute Gasteiger partial charge is 0.497 e. The van der Waals surface area contributed by atoms with Gasteiger partial charge in [0, 0.05) is 6.54 Å². The van der Waals surface area contributed by atoms with Crippen molar-refractivity contribution in [3.8, 4) is 5.75 Å². The minimum absolute atomic E-state index is 0.118. The second-order valence-electron chi connectivity index (χ2n) is 6.23. The molecule has 0 aliphatic rings. The molecular weight excluding hydrogens is 326 g/mol.